The molecule has 4 aromatic carbocycles. The fourth-order valence-corrected chi connectivity index (χ4v) is 4.15. The lowest BCUT2D eigenvalue weighted by Crippen LogP contribution is -2.25. The Morgan fingerprint density at radius 2 is 1.39 bits per heavy atom. The van der Waals surface area contributed by atoms with E-state index >= 15 is 0 Å². The lowest BCUT2D eigenvalue weighted by atomic mass is 9.98. The topological polar surface area (TPSA) is 59.0 Å². The van der Waals surface area contributed by atoms with Gasteiger partial charge in [-0.05, 0) is 41.5 Å². The van der Waals surface area contributed by atoms with Gasteiger partial charge in [0.1, 0.15) is 5.75 Å². The Morgan fingerprint density at radius 3 is 2.11 bits per heavy atom. The molecule has 1 unspecified atom stereocenters. The Morgan fingerprint density at radius 1 is 0.778 bits per heavy atom. The van der Waals surface area contributed by atoms with Gasteiger partial charge >= 0.3 is 5.97 Å². The monoisotopic (exact) mass is 472 g/mol. The minimum Gasteiger partial charge on any atom is -0.422 e. The Labute approximate surface area is 210 Å². The van der Waals surface area contributed by atoms with Crippen LogP contribution in [0.3, 0.4) is 0 Å². The van der Waals surface area contributed by atoms with Gasteiger partial charge in [0, 0.05) is 18.1 Å². The third-order valence-electron chi connectivity index (χ3n) is 5.95. The van der Waals surface area contributed by atoms with Gasteiger partial charge < -0.3 is 4.74 Å². The highest BCUT2D eigenvalue weighted by Crippen LogP contribution is 2.35. The lowest BCUT2D eigenvalue weighted by molar-refractivity contribution is -0.127. The number of rotatable bonds is 6. The Balaban J connectivity index is 1.46. The number of hydrogen-bond donors (Lipinski definition) is 0. The van der Waals surface area contributed by atoms with Gasteiger partial charge in [-0.2, -0.15) is 5.10 Å². The third kappa shape index (κ3) is 5.15. The first kappa shape index (κ1) is 23.0. The van der Waals surface area contributed by atoms with Crippen LogP contribution in [0.4, 0.5) is 0 Å². The largest absolute Gasteiger partial charge is 0.422 e. The van der Waals surface area contributed by atoms with Crippen LogP contribution in [0.5, 0.6) is 5.75 Å². The van der Waals surface area contributed by atoms with Crippen molar-refractivity contribution in [3.05, 3.63) is 144 Å². The Hall–Kier alpha value is -4.77. The van der Waals surface area contributed by atoms with Crippen LogP contribution in [0.2, 0.25) is 0 Å². The van der Waals surface area contributed by atoms with Gasteiger partial charge in [0.2, 0.25) is 0 Å². The molecule has 176 valence electrons. The molecule has 0 saturated carbocycles. The van der Waals surface area contributed by atoms with Crippen molar-refractivity contribution in [1.29, 1.82) is 0 Å². The molecular weight excluding hydrogens is 448 g/mol. The molecule has 0 saturated heterocycles. The smallest absolute Gasteiger partial charge is 0.343 e. The predicted molar refractivity (Wildman–Crippen MR) is 141 cm³/mol. The highest BCUT2D eigenvalue weighted by Gasteiger charge is 2.33. The zero-order valence-corrected chi connectivity index (χ0v) is 19.5. The van der Waals surface area contributed by atoms with Crippen molar-refractivity contribution in [1.82, 2.24) is 5.01 Å². The molecular formula is C31H24N2O3. The number of para-hydroxylation sites is 1. The van der Waals surface area contributed by atoms with E-state index in [9.17, 15) is 9.59 Å². The van der Waals surface area contributed by atoms with E-state index in [0.29, 0.717) is 29.0 Å². The number of nitrogens with zero attached hydrogens (tertiary/aromatic N) is 2. The summed E-state index contributed by atoms with van der Waals surface area (Å²) < 4.78 is 5.75. The van der Waals surface area contributed by atoms with E-state index in [0.717, 1.165) is 11.1 Å². The highest BCUT2D eigenvalue weighted by molar-refractivity contribution is 6.07. The van der Waals surface area contributed by atoms with E-state index in [1.165, 1.54) is 5.01 Å². The summed E-state index contributed by atoms with van der Waals surface area (Å²) in [5.74, 6) is -0.257. The van der Waals surface area contributed by atoms with Crippen LogP contribution in [0.15, 0.2) is 126 Å². The minimum absolute atomic E-state index is 0.221. The first-order valence-electron chi connectivity index (χ1n) is 11.7. The average molecular weight is 473 g/mol. The molecule has 1 aliphatic heterocycles. The van der Waals surface area contributed by atoms with Crippen LogP contribution in [-0.4, -0.2) is 22.6 Å². The van der Waals surface area contributed by atoms with Gasteiger partial charge in [0.05, 0.1) is 17.3 Å². The minimum atomic E-state index is -0.444. The number of carbonyl (C=O) groups is 2. The molecule has 0 aromatic heterocycles. The van der Waals surface area contributed by atoms with Crippen molar-refractivity contribution >= 4 is 23.7 Å². The standard InChI is InChI=1S/C31H24N2O3/c34-30(21-20-23-12-4-1-5-13-23)33-28(24-14-6-2-7-15-24)22-27(32-33)26-18-10-11-19-29(26)36-31(35)25-16-8-3-9-17-25/h1-21,28H,22H2/b21-20+. The molecule has 1 aliphatic rings. The number of benzene rings is 4. The van der Waals surface area contributed by atoms with E-state index in [2.05, 4.69) is 0 Å². The van der Waals surface area contributed by atoms with Crippen LogP contribution in [0.25, 0.3) is 6.08 Å². The van der Waals surface area contributed by atoms with Crippen LogP contribution < -0.4 is 4.74 Å². The molecule has 1 amide bonds. The van der Waals surface area contributed by atoms with E-state index in [-0.39, 0.29) is 11.9 Å². The third-order valence-corrected chi connectivity index (χ3v) is 5.95. The number of esters is 1. The summed E-state index contributed by atoms with van der Waals surface area (Å²) in [6.07, 6.45) is 3.82. The molecule has 5 heteroatoms. The quantitative estimate of drug-likeness (QED) is 0.188. The van der Waals surface area contributed by atoms with Gasteiger partial charge in [-0.25, -0.2) is 9.80 Å². The van der Waals surface area contributed by atoms with Crippen molar-refractivity contribution in [2.45, 2.75) is 12.5 Å². The van der Waals surface area contributed by atoms with Crippen LogP contribution in [0.1, 0.15) is 39.5 Å². The zero-order chi connectivity index (χ0) is 24.7. The van der Waals surface area contributed by atoms with Crippen molar-refractivity contribution in [2.24, 2.45) is 5.10 Å². The molecule has 0 N–H and O–H groups in total. The first-order chi connectivity index (χ1) is 17.7. The summed E-state index contributed by atoms with van der Waals surface area (Å²) in [6.45, 7) is 0. The van der Waals surface area contributed by atoms with Gasteiger partial charge in [-0.15, -0.1) is 0 Å². The number of hydrazone groups is 1. The molecule has 0 bridgehead atoms. The molecule has 4 aromatic rings. The molecule has 5 rings (SSSR count). The maximum Gasteiger partial charge on any atom is 0.343 e. The van der Waals surface area contributed by atoms with E-state index in [1.54, 1.807) is 42.5 Å². The summed E-state index contributed by atoms with van der Waals surface area (Å²) in [5, 5.41) is 6.24. The molecule has 0 fully saturated rings. The van der Waals surface area contributed by atoms with Crippen LogP contribution >= 0.6 is 0 Å². The summed E-state index contributed by atoms with van der Waals surface area (Å²) >= 11 is 0. The predicted octanol–water partition coefficient (Wildman–Crippen LogP) is 6.30. The van der Waals surface area contributed by atoms with E-state index in [4.69, 9.17) is 9.84 Å². The molecule has 5 nitrogen and oxygen atoms in total. The molecule has 0 aliphatic carbocycles. The first-order valence-corrected chi connectivity index (χ1v) is 11.7. The Bertz CT molecular complexity index is 1410. The second-order valence-electron chi connectivity index (χ2n) is 8.36. The molecule has 1 heterocycles. The van der Waals surface area contributed by atoms with Gasteiger partial charge in [-0.3, -0.25) is 4.79 Å². The van der Waals surface area contributed by atoms with E-state index in [1.807, 2.05) is 84.9 Å². The van der Waals surface area contributed by atoms with E-state index < -0.39 is 5.97 Å². The number of ether oxygens (including phenoxy) is 1. The maximum atomic E-state index is 13.3. The Kier molecular flexibility index (Phi) is 6.81. The van der Waals surface area contributed by atoms with Gasteiger partial charge in [-0.1, -0.05) is 91.0 Å². The second-order valence-corrected chi connectivity index (χ2v) is 8.36. The highest BCUT2D eigenvalue weighted by atomic mass is 16.5. The van der Waals surface area contributed by atoms with Crippen molar-refractivity contribution < 1.29 is 14.3 Å². The zero-order valence-electron chi connectivity index (χ0n) is 19.5. The SMILES string of the molecule is O=C(Oc1ccccc1C1=NN(C(=O)/C=C/c2ccccc2)C(c2ccccc2)C1)c1ccccc1. The normalized spacial score (nSPS) is 15.1. The maximum absolute atomic E-state index is 13.3. The second kappa shape index (κ2) is 10.7. The fourth-order valence-electron chi connectivity index (χ4n) is 4.15. The van der Waals surface area contributed by atoms with Crippen LogP contribution in [-0.2, 0) is 4.79 Å². The summed E-state index contributed by atoms with van der Waals surface area (Å²) in [4.78, 5) is 26.0. The molecule has 36 heavy (non-hydrogen) atoms. The summed E-state index contributed by atoms with van der Waals surface area (Å²) in [5.41, 5.74) is 3.75. The number of carbonyl (C=O) groups excluding carboxylic acids is 2. The number of amides is 1. The van der Waals surface area contributed by atoms with Gasteiger partial charge in [0.15, 0.2) is 0 Å². The van der Waals surface area contributed by atoms with Crippen molar-refractivity contribution in [3.8, 4) is 5.75 Å². The molecule has 1 atom stereocenters. The summed E-state index contributed by atoms with van der Waals surface area (Å²) in [7, 11) is 0. The number of hydrogen-bond acceptors (Lipinski definition) is 4. The lowest BCUT2D eigenvalue weighted by Gasteiger charge is -2.20. The molecule has 0 spiro atoms. The van der Waals surface area contributed by atoms with Crippen molar-refractivity contribution in [3.63, 3.8) is 0 Å². The summed E-state index contributed by atoms with van der Waals surface area (Å²) in [6, 6.07) is 35.4. The van der Waals surface area contributed by atoms with Crippen molar-refractivity contribution in [2.75, 3.05) is 0 Å². The fraction of sp³-hybridized carbons (Fsp3) is 0.0645. The van der Waals surface area contributed by atoms with Gasteiger partial charge in [0.25, 0.3) is 5.91 Å². The molecule has 0 radical (unpaired) electrons. The average Bonchev–Trinajstić information content (AvgIpc) is 3.39. The van der Waals surface area contributed by atoms with Crippen LogP contribution in [0, 0.1) is 0 Å².